The number of aromatic nitrogens is 2. The monoisotopic (exact) mass is 258 g/mol. The Morgan fingerprint density at radius 3 is 2.84 bits per heavy atom. The molecule has 0 spiro atoms. The quantitative estimate of drug-likeness (QED) is 0.432. The maximum absolute atomic E-state index is 9.61. The second kappa shape index (κ2) is 5.55. The summed E-state index contributed by atoms with van der Waals surface area (Å²) in [4.78, 5) is 8.05. The first-order valence-electron chi connectivity index (χ1n) is 5.58. The van der Waals surface area contributed by atoms with Gasteiger partial charge in [-0.15, -0.1) is 0 Å². The smallest absolute Gasteiger partial charge is 0.182 e. The Morgan fingerprint density at radius 2 is 2.16 bits per heavy atom. The molecule has 6 heteroatoms. The number of ether oxygens (including phenoxy) is 1. The summed E-state index contributed by atoms with van der Waals surface area (Å²) >= 11 is 0. The van der Waals surface area contributed by atoms with Crippen LogP contribution in [0.4, 0.5) is 0 Å². The Morgan fingerprint density at radius 1 is 1.37 bits per heavy atom. The van der Waals surface area contributed by atoms with E-state index in [9.17, 15) is 5.11 Å². The van der Waals surface area contributed by atoms with Crippen LogP contribution >= 0.6 is 0 Å². The molecule has 2 heterocycles. The van der Waals surface area contributed by atoms with Crippen LogP contribution in [0.5, 0.6) is 0 Å². The standard InChI is InChI=1S/C13H14N4O2/c1-19-13(18)10-4-9(6-16-7-10)8-2-3-17-11(5-8)12(14)15/h2-7,13,18H,1H3,(H3,14,15). The van der Waals surface area contributed by atoms with Crippen LogP contribution in [-0.2, 0) is 4.74 Å². The third-order valence-electron chi connectivity index (χ3n) is 2.64. The van der Waals surface area contributed by atoms with E-state index in [0.29, 0.717) is 11.3 Å². The molecule has 0 aliphatic heterocycles. The maximum atomic E-state index is 9.61. The number of nitrogens with zero attached hydrogens (tertiary/aromatic N) is 2. The highest BCUT2D eigenvalue weighted by Gasteiger charge is 2.09. The van der Waals surface area contributed by atoms with Crippen molar-refractivity contribution in [2.75, 3.05) is 7.11 Å². The summed E-state index contributed by atoms with van der Waals surface area (Å²) in [5.41, 5.74) is 7.97. The zero-order valence-electron chi connectivity index (χ0n) is 10.4. The molecule has 0 aliphatic carbocycles. The molecule has 0 amide bonds. The number of hydrogen-bond donors (Lipinski definition) is 3. The lowest BCUT2D eigenvalue weighted by molar-refractivity contribution is -0.0771. The van der Waals surface area contributed by atoms with Gasteiger partial charge in [0.1, 0.15) is 11.5 Å². The molecule has 0 radical (unpaired) electrons. The Labute approximate surface area is 110 Å². The number of rotatable bonds is 4. The van der Waals surface area contributed by atoms with Crippen molar-refractivity contribution in [2.24, 2.45) is 5.73 Å². The van der Waals surface area contributed by atoms with Crippen molar-refractivity contribution in [1.82, 2.24) is 9.97 Å². The number of pyridine rings is 2. The number of aliphatic hydroxyl groups is 1. The molecule has 0 aliphatic rings. The molecule has 2 aromatic heterocycles. The molecule has 2 aromatic rings. The Kier molecular flexibility index (Phi) is 3.84. The number of nitrogen functional groups attached to an aromatic ring is 1. The van der Waals surface area contributed by atoms with Crippen molar-refractivity contribution in [3.63, 3.8) is 0 Å². The van der Waals surface area contributed by atoms with Gasteiger partial charge in [-0.25, -0.2) is 0 Å². The number of methoxy groups -OCH3 is 1. The van der Waals surface area contributed by atoms with E-state index in [1.54, 1.807) is 30.6 Å². The van der Waals surface area contributed by atoms with Gasteiger partial charge in [0.2, 0.25) is 0 Å². The summed E-state index contributed by atoms with van der Waals surface area (Å²) in [5, 5.41) is 17.0. The molecule has 0 bridgehead atoms. The molecule has 1 atom stereocenters. The van der Waals surface area contributed by atoms with Gasteiger partial charge in [-0.2, -0.15) is 0 Å². The summed E-state index contributed by atoms with van der Waals surface area (Å²) < 4.78 is 4.84. The normalized spacial score (nSPS) is 12.1. The van der Waals surface area contributed by atoms with E-state index < -0.39 is 6.29 Å². The van der Waals surface area contributed by atoms with Crippen LogP contribution in [-0.4, -0.2) is 28.0 Å². The van der Waals surface area contributed by atoms with Gasteiger partial charge in [0.15, 0.2) is 6.29 Å². The van der Waals surface area contributed by atoms with E-state index in [4.69, 9.17) is 15.9 Å². The maximum Gasteiger partial charge on any atom is 0.182 e. The number of aliphatic hydroxyl groups excluding tert-OH is 1. The fraction of sp³-hybridized carbons (Fsp3) is 0.154. The molecule has 0 saturated heterocycles. The van der Waals surface area contributed by atoms with Crippen molar-refractivity contribution in [2.45, 2.75) is 6.29 Å². The van der Waals surface area contributed by atoms with Gasteiger partial charge in [0.25, 0.3) is 0 Å². The van der Waals surface area contributed by atoms with Crippen molar-refractivity contribution in [1.29, 1.82) is 5.41 Å². The number of nitrogens with one attached hydrogen (secondary N) is 1. The largest absolute Gasteiger partial charge is 0.382 e. The number of hydrogen-bond acceptors (Lipinski definition) is 5. The predicted octanol–water partition coefficient (Wildman–Crippen LogP) is 1.06. The fourth-order valence-electron chi connectivity index (χ4n) is 1.64. The van der Waals surface area contributed by atoms with Crippen LogP contribution in [0.1, 0.15) is 17.5 Å². The number of nitrogens with two attached hydrogens (primary N) is 1. The van der Waals surface area contributed by atoms with E-state index in [2.05, 4.69) is 9.97 Å². The second-order valence-electron chi connectivity index (χ2n) is 3.94. The molecule has 4 N–H and O–H groups in total. The van der Waals surface area contributed by atoms with Crippen molar-refractivity contribution in [3.05, 3.63) is 48.0 Å². The first-order chi connectivity index (χ1) is 9.11. The van der Waals surface area contributed by atoms with Crippen LogP contribution < -0.4 is 5.73 Å². The lowest BCUT2D eigenvalue weighted by atomic mass is 10.1. The van der Waals surface area contributed by atoms with Gasteiger partial charge in [0, 0.05) is 36.8 Å². The molecular weight excluding hydrogens is 244 g/mol. The van der Waals surface area contributed by atoms with Crippen LogP contribution in [0.3, 0.4) is 0 Å². The molecule has 6 nitrogen and oxygen atoms in total. The van der Waals surface area contributed by atoms with Gasteiger partial charge in [-0.05, 0) is 23.8 Å². The van der Waals surface area contributed by atoms with E-state index in [1.807, 2.05) is 0 Å². The Hall–Kier alpha value is -2.31. The highest BCUT2D eigenvalue weighted by Crippen LogP contribution is 2.22. The second-order valence-corrected chi connectivity index (χ2v) is 3.94. The molecule has 2 rings (SSSR count). The topological polar surface area (TPSA) is 105 Å². The number of amidine groups is 1. The zero-order chi connectivity index (χ0) is 13.8. The lowest BCUT2D eigenvalue weighted by Gasteiger charge is -2.10. The van der Waals surface area contributed by atoms with Gasteiger partial charge >= 0.3 is 0 Å². The average molecular weight is 258 g/mol. The third kappa shape index (κ3) is 2.93. The van der Waals surface area contributed by atoms with Gasteiger partial charge < -0.3 is 15.6 Å². The minimum atomic E-state index is -1.01. The zero-order valence-corrected chi connectivity index (χ0v) is 10.4. The Bertz CT molecular complexity index is 601. The van der Waals surface area contributed by atoms with E-state index in [1.165, 1.54) is 13.3 Å². The molecular formula is C13H14N4O2. The highest BCUT2D eigenvalue weighted by atomic mass is 16.6. The van der Waals surface area contributed by atoms with Gasteiger partial charge in [-0.1, -0.05) is 0 Å². The fourth-order valence-corrected chi connectivity index (χ4v) is 1.64. The van der Waals surface area contributed by atoms with Crippen LogP contribution in [0.2, 0.25) is 0 Å². The van der Waals surface area contributed by atoms with E-state index >= 15 is 0 Å². The van der Waals surface area contributed by atoms with Gasteiger partial charge in [-0.3, -0.25) is 15.4 Å². The minimum Gasteiger partial charge on any atom is -0.382 e. The first kappa shape index (κ1) is 13.1. The minimum absolute atomic E-state index is 0.0945. The average Bonchev–Trinajstić information content (AvgIpc) is 2.46. The molecule has 0 saturated carbocycles. The molecule has 98 valence electrons. The van der Waals surface area contributed by atoms with Crippen molar-refractivity contribution < 1.29 is 9.84 Å². The van der Waals surface area contributed by atoms with Crippen molar-refractivity contribution >= 4 is 5.84 Å². The van der Waals surface area contributed by atoms with Crippen LogP contribution in [0.15, 0.2) is 36.8 Å². The summed E-state index contributed by atoms with van der Waals surface area (Å²) in [6, 6.07) is 5.25. The van der Waals surface area contributed by atoms with Gasteiger partial charge in [0.05, 0.1) is 0 Å². The third-order valence-corrected chi connectivity index (χ3v) is 2.64. The molecule has 1 unspecified atom stereocenters. The first-order valence-corrected chi connectivity index (χ1v) is 5.58. The lowest BCUT2D eigenvalue weighted by Crippen LogP contribution is -2.12. The summed E-state index contributed by atoms with van der Waals surface area (Å²) in [7, 11) is 1.41. The summed E-state index contributed by atoms with van der Waals surface area (Å²) in [6.07, 6.45) is 3.75. The predicted molar refractivity (Wildman–Crippen MR) is 70.5 cm³/mol. The SMILES string of the molecule is COC(O)c1cncc(-c2ccnc(C(=N)N)c2)c1. The van der Waals surface area contributed by atoms with E-state index in [0.717, 1.165) is 11.1 Å². The molecule has 19 heavy (non-hydrogen) atoms. The van der Waals surface area contributed by atoms with Crippen LogP contribution in [0, 0.1) is 5.41 Å². The molecule has 0 aromatic carbocycles. The Balaban J connectivity index is 2.41. The van der Waals surface area contributed by atoms with Crippen LogP contribution in [0.25, 0.3) is 11.1 Å². The van der Waals surface area contributed by atoms with Crippen molar-refractivity contribution in [3.8, 4) is 11.1 Å². The highest BCUT2D eigenvalue weighted by molar-refractivity contribution is 5.94. The molecule has 0 fully saturated rings. The summed E-state index contributed by atoms with van der Waals surface area (Å²) in [6.45, 7) is 0. The van der Waals surface area contributed by atoms with E-state index in [-0.39, 0.29) is 5.84 Å². The summed E-state index contributed by atoms with van der Waals surface area (Å²) in [5.74, 6) is -0.0945.